The standard InChI is InChI=1S/C19H25N5O2/c1-3-15-6-4-5-7-17(15)23-19(25)20-13-16-12-14(2)21-18(22-16)24-8-10-26-11-9-24/h4-7,12H,3,8-11,13H2,1-2H3,(H2,20,23,25). The van der Waals surface area contributed by atoms with Crippen LogP contribution in [0.2, 0.25) is 0 Å². The summed E-state index contributed by atoms with van der Waals surface area (Å²) in [4.78, 5) is 23.4. The Morgan fingerprint density at radius 1 is 1.23 bits per heavy atom. The van der Waals surface area contributed by atoms with Crippen LogP contribution in [0, 0.1) is 6.92 Å². The zero-order chi connectivity index (χ0) is 18.4. The predicted molar refractivity (Wildman–Crippen MR) is 101 cm³/mol. The number of ether oxygens (including phenoxy) is 1. The smallest absolute Gasteiger partial charge is 0.319 e. The summed E-state index contributed by atoms with van der Waals surface area (Å²) >= 11 is 0. The number of aromatic nitrogens is 2. The molecule has 0 radical (unpaired) electrons. The van der Waals surface area contributed by atoms with Gasteiger partial charge in [0.25, 0.3) is 0 Å². The Bertz CT molecular complexity index is 759. The van der Waals surface area contributed by atoms with Gasteiger partial charge in [-0.05, 0) is 31.0 Å². The number of aryl methyl sites for hydroxylation is 2. The van der Waals surface area contributed by atoms with Crippen molar-refractivity contribution in [3.63, 3.8) is 0 Å². The Labute approximate surface area is 153 Å². The van der Waals surface area contributed by atoms with Crippen LogP contribution in [0.3, 0.4) is 0 Å². The molecule has 2 N–H and O–H groups in total. The summed E-state index contributed by atoms with van der Waals surface area (Å²) in [5.74, 6) is 0.696. The molecule has 1 aromatic carbocycles. The summed E-state index contributed by atoms with van der Waals surface area (Å²) in [6.07, 6.45) is 0.866. The maximum absolute atomic E-state index is 12.2. The van der Waals surface area contributed by atoms with Gasteiger partial charge in [-0.1, -0.05) is 25.1 Å². The third-order valence-corrected chi connectivity index (χ3v) is 4.27. The van der Waals surface area contributed by atoms with Gasteiger partial charge in [-0.2, -0.15) is 0 Å². The van der Waals surface area contributed by atoms with Crippen LogP contribution >= 0.6 is 0 Å². The first-order valence-corrected chi connectivity index (χ1v) is 8.95. The average Bonchev–Trinajstić information content (AvgIpc) is 2.67. The first kappa shape index (κ1) is 18.1. The first-order valence-electron chi connectivity index (χ1n) is 8.95. The fourth-order valence-electron chi connectivity index (χ4n) is 2.90. The quantitative estimate of drug-likeness (QED) is 0.861. The summed E-state index contributed by atoms with van der Waals surface area (Å²) in [6.45, 7) is 7.28. The SMILES string of the molecule is CCc1ccccc1NC(=O)NCc1cc(C)nc(N2CCOCC2)n1. The molecule has 138 valence electrons. The highest BCUT2D eigenvalue weighted by Crippen LogP contribution is 2.15. The van der Waals surface area contributed by atoms with E-state index >= 15 is 0 Å². The van der Waals surface area contributed by atoms with Crippen LogP contribution in [0.15, 0.2) is 30.3 Å². The molecule has 26 heavy (non-hydrogen) atoms. The number of morpholine rings is 1. The first-order chi connectivity index (χ1) is 12.7. The van der Waals surface area contributed by atoms with Gasteiger partial charge in [-0.25, -0.2) is 14.8 Å². The monoisotopic (exact) mass is 355 g/mol. The number of nitrogens with one attached hydrogen (secondary N) is 2. The van der Waals surface area contributed by atoms with Gasteiger partial charge in [0.05, 0.1) is 25.5 Å². The van der Waals surface area contributed by atoms with E-state index in [2.05, 4.69) is 32.4 Å². The van der Waals surface area contributed by atoms with Crippen LogP contribution in [-0.4, -0.2) is 42.3 Å². The zero-order valence-corrected chi connectivity index (χ0v) is 15.3. The van der Waals surface area contributed by atoms with Gasteiger partial charge in [0.15, 0.2) is 0 Å². The molecule has 3 rings (SSSR count). The molecule has 0 bridgehead atoms. The summed E-state index contributed by atoms with van der Waals surface area (Å²) in [5.41, 5.74) is 3.61. The molecule has 2 heterocycles. The molecule has 0 spiro atoms. The number of urea groups is 1. The van der Waals surface area contributed by atoms with Crippen molar-refractivity contribution in [3.05, 3.63) is 47.3 Å². The van der Waals surface area contributed by atoms with Crippen LogP contribution in [0.4, 0.5) is 16.4 Å². The van der Waals surface area contributed by atoms with Crippen LogP contribution in [-0.2, 0) is 17.7 Å². The third kappa shape index (κ3) is 4.70. The largest absolute Gasteiger partial charge is 0.378 e. The molecular formula is C19H25N5O2. The van der Waals surface area contributed by atoms with E-state index in [1.165, 1.54) is 0 Å². The van der Waals surface area contributed by atoms with Crippen molar-refractivity contribution in [1.82, 2.24) is 15.3 Å². The molecular weight excluding hydrogens is 330 g/mol. The van der Waals surface area contributed by atoms with Gasteiger partial charge >= 0.3 is 6.03 Å². The molecule has 7 nitrogen and oxygen atoms in total. The lowest BCUT2D eigenvalue weighted by Gasteiger charge is -2.27. The number of carbonyl (C=O) groups excluding carboxylic acids is 1. The van der Waals surface area contributed by atoms with Crippen molar-refractivity contribution in [2.24, 2.45) is 0 Å². The fourth-order valence-corrected chi connectivity index (χ4v) is 2.90. The molecule has 1 saturated heterocycles. The second-order valence-electron chi connectivity index (χ2n) is 6.22. The van der Waals surface area contributed by atoms with E-state index in [1.54, 1.807) is 0 Å². The highest BCUT2D eigenvalue weighted by molar-refractivity contribution is 5.90. The highest BCUT2D eigenvalue weighted by Gasteiger charge is 2.15. The lowest BCUT2D eigenvalue weighted by atomic mass is 10.1. The molecule has 0 unspecified atom stereocenters. The number of rotatable bonds is 5. The highest BCUT2D eigenvalue weighted by atomic mass is 16.5. The van der Waals surface area contributed by atoms with E-state index in [0.29, 0.717) is 25.7 Å². The summed E-state index contributed by atoms with van der Waals surface area (Å²) in [7, 11) is 0. The zero-order valence-electron chi connectivity index (χ0n) is 15.3. The van der Waals surface area contributed by atoms with Crippen LogP contribution < -0.4 is 15.5 Å². The van der Waals surface area contributed by atoms with Gasteiger partial charge < -0.3 is 20.3 Å². The topological polar surface area (TPSA) is 79.4 Å². The minimum atomic E-state index is -0.241. The maximum atomic E-state index is 12.2. The number of nitrogens with zero attached hydrogens (tertiary/aromatic N) is 3. The number of benzene rings is 1. The van der Waals surface area contributed by atoms with Crippen LogP contribution in [0.1, 0.15) is 23.9 Å². The normalized spacial score (nSPS) is 14.2. The number of carbonyl (C=O) groups is 1. The number of anilines is 2. The molecule has 0 aliphatic carbocycles. The lowest BCUT2D eigenvalue weighted by Crippen LogP contribution is -2.37. The number of hydrogen-bond donors (Lipinski definition) is 2. The Hall–Kier alpha value is -2.67. The minimum absolute atomic E-state index is 0.241. The molecule has 1 aromatic heterocycles. The van der Waals surface area contributed by atoms with E-state index in [4.69, 9.17) is 4.74 Å². The van der Waals surface area contributed by atoms with Gasteiger partial charge in [0.1, 0.15) is 0 Å². The Balaban J connectivity index is 1.62. The molecule has 1 fully saturated rings. The minimum Gasteiger partial charge on any atom is -0.378 e. The van der Waals surface area contributed by atoms with Crippen molar-refractivity contribution >= 4 is 17.7 Å². The molecule has 2 amide bonds. The summed E-state index contributed by atoms with van der Waals surface area (Å²) in [5, 5.41) is 5.78. The Kier molecular flexibility index (Phi) is 6.01. The molecule has 0 atom stereocenters. The third-order valence-electron chi connectivity index (χ3n) is 4.27. The predicted octanol–water partition coefficient (Wildman–Crippen LogP) is 2.51. The van der Waals surface area contributed by atoms with Gasteiger partial charge in [0.2, 0.25) is 5.95 Å². The fraction of sp³-hybridized carbons (Fsp3) is 0.421. The number of para-hydroxylation sites is 1. The van der Waals surface area contributed by atoms with Crippen molar-refractivity contribution in [2.45, 2.75) is 26.8 Å². The average molecular weight is 355 g/mol. The molecule has 1 aliphatic rings. The van der Waals surface area contributed by atoms with Gasteiger partial charge in [-0.3, -0.25) is 0 Å². The molecule has 2 aromatic rings. The Morgan fingerprint density at radius 2 is 2.00 bits per heavy atom. The molecule has 1 aliphatic heterocycles. The van der Waals surface area contributed by atoms with E-state index in [9.17, 15) is 4.79 Å². The molecule has 0 saturated carbocycles. The number of amides is 2. The number of hydrogen-bond acceptors (Lipinski definition) is 5. The van der Waals surface area contributed by atoms with Crippen molar-refractivity contribution in [3.8, 4) is 0 Å². The van der Waals surface area contributed by atoms with E-state index in [-0.39, 0.29) is 6.03 Å². The second kappa shape index (κ2) is 8.62. The summed E-state index contributed by atoms with van der Waals surface area (Å²) in [6, 6.07) is 9.46. The van der Waals surface area contributed by atoms with Crippen molar-refractivity contribution in [1.29, 1.82) is 0 Å². The van der Waals surface area contributed by atoms with Crippen LogP contribution in [0.25, 0.3) is 0 Å². The van der Waals surface area contributed by atoms with Crippen molar-refractivity contribution in [2.75, 3.05) is 36.5 Å². The van der Waals surface area contributed by atoms with E-state index in [1.807, 2.05) is 37.3 Å². The van der Waals surface area contributed by atoms with Gasteiger partial charge in [0, 0.05) is 24.5 Å². The summed E-state index contributed by atoms with van der Waals surface area (Å²) < 4.78 is 5.37. The van der Waals surface area contributed by atoms with Gasteiger partial charge in [-0.15, -0.1) is 0 Å². The van der Waals surface area contributed by atoms with Crippen LogP contribution in [0.5, 0.6) is 0 Å². The second-order valence-corrected chi connectivity index (χ2v) is 6.22. The van der Waals surface area contributed by atoms with E-state index < -0.39 is 0 Å². The van der Waals surface area contributed by atoms with E-state index in [0.717, 1.165) is 42.1 Å². The maximum Gasteiger partial charge on any atom is 0.319 e. The Morgan fingerprint density at radius 3 is 2.77 bits per heavy atom. The molecule has 7 heteroatoms. The lowest BCUT2D eigenvalue weighted by molar-refractivity contribution is 0.122. The van der Waals surface area contributed by atoms with Crippen molar-refractivity contribution < 1.29 is 9.53 Å².